The van der Waals surface area contributed by atoms with Crippen molar-refractivity contribution in [2.45, 2.75) is 6.92 Å². The van der Waals surface area contributed by atoms with Gasteiger partial charge in [0.1, 0.15) is 5.82 Å². The predicted octanol–water partition coefficient (Wildman–Crippen LogP) is 4.97. The number of carbonyl (C=O) groups is 1. The SMILES string of the molecule is Cc1cc(C(=O)Nc2ccc(Br)c(F)c2)sc1Br. The molecule has 1 N–H and O–H groups in total. The number of nitrogens with one attached hydrogen (secondary N) is 1. The molecular weight excluding hydrogens is 385 g/mol. The Balaban J connectivity index is 2.18. The first kappa shape index (κ1) is 13.7. The molecule has 1 heterocycles. The molecule has 0 saturated carbocycles. The van der Waals surface area contributed by atoms with Crippen molar-refractivity contribution in [2.75, 3.05) is 5.32 Å². The number of hydrogen-bond acceptors (Lipinski definition) is 2. The number of carbonyl (C=O) groups excluding carboxylic acids is 1. The second kappa shape index (κ2) is 5.50. The number of rotatable bonds is 2. The molecule has 94 valence electrons. The fraction of sp³-hybridized carbons (Fsp3) is 0.0833. The van der Waals surface area contributed by atoms with E-state index in [4.69, 9.17) is 0 Å². The van der Waals surface area contributed by atoms with Crippen LogP contribution in [0.25, 0.3) is 0 Å². The Kier molecular flexibility index (Phi) is 4.19. The topological polar surface area (TPSA) is 29.1 Å². The van der Waals surface area contributed by atoms with Crippen LogP contribution in [-0.2, 0) is 0 Å². The predicted molar refractivity (Wildman–Crippen MR) is 78.8 cm³/mol. The van der Waals surface area contributed by atoms with Gasteiger partial charge in [-0.2, -0.15) is 0 Å². The minimum Gasteiger partial charge on any atom is -0.321 e. The van der Waals surface area contributed by atoms with Gasteiger partial charge in [0, 0.05) is 5.69 Å². The molecule has 2 aromatic rings. The lowest BCUT2D eigenvalue weighted by atomic mass is 10.3. The lowest BCUT2D eigenvalue weighted by Gasteiger charge is -2.04. The van der Waals surface area contributed by atoms with Gasteiger partial charge in [0.25, 0.3) is 5.91 Å². The summed E-state index contributed by atoms with van der Waals surface area (Å²) in [6, 6.07) is 6.26. The zero-order chi connectivity index (χ0) is 13.3. The monoisotopic (exact) mass is 391 g/mol. The zero-order valence-corrected chi connectivity index (χ0v) is 13.2. The van der Waals surface area contributed by atoms with Crippen molar-refractivity contribution in [3.8, 4) is 0 Å². The molecule has 0 bridgehead atoms. The Bertz CT molecular complexity index is 593. The smallest absolute Gasteiger partial charge is 0.265 e. The van der Waals surface area contributed by atoms with Gasteiger partial charge >= 0.3 is 0 Å². The van der Waals surface area contributed by atoms with Gasteiger partial charge in [0.2, 0.25) is 0 Å². The molecule has 0 atom stereocenters. The van der Waals surface area contributed by atoms with Gasteiger partial charge < -0.3 is 5.32 Å². The maximum absolute atomic E-state index is 13.3. The largest absolute Gasteiger partial charge is 0.321 e. The van der Waals surface area contributed by atoms with E-state index in [2.05, 4.69) is 37.2 Å². The number of amides is 1. The van der Waals surface area contributed by atoms with Gasteiger partial charge in [-0.1, -0.05) is 0 Å². The molecule has 0 aliphatic rings. The lowest BCUT2D eigenvalue weighted by Crippen LogP contribution is -2.10. The highest BCUT2D eigenvalue weighted by molar-refractivity contribution is 9.11. The highest BCUT2D eigenvalue weighted by atomic mass is 79.9. The average molecular weight is 393 g/mol. The quantitative estimate of drug-likeness (QED) is 0.767. The van der Waals surface area contributed by atoms with Crippen LogP contribution in [0.3, 0.4) is 0 Å². The van der Waals surface area contributed by atoms with Crippen molar-refractivity contribution in [3.05, 3.63) is 48.8 Å². The van der Waals surface area contributed by atoms with E-state index in [1.54, 1.807) is 18.2 Å². The van der Waals surface area contributed by atoms with Crippen molar-refractivity contribution in [1.82, 2.24) is 0 Å². The maximum atomic E-state index is 13.3. The summed E-state index contributed by atoms with van der Waals surface area (Å²) in [5.74, 6) is -0.646. The number of benzene rings is 1. The third kappa shape index (κ3) is 2.99. The summed E-state index contributed by atoms with van der Waals surface area (Å²) in [7, 11) is 0. The normalized spacial score (nSPS) is 10.4. The van der Waals surface area contributed by atoms with Crippen LogP contribution in [-0.4, -0.2) is 5.91 Å². The molecule has 2 rings (SSSR count). The summed E-state index contributed by atoms with van der Waals surface area (Å²) in [5, 5.41) is 2.66. The van der Waals surface area contributed by atoms with Gasteiger partial charge in [0.05, 0.1) is 13.1 Å². The third-order valence-electron chi connectivity index (χ3n) is 2.26. The Hall–Kier alpha value is -0.720. The van der Waals surface area contributed by atoms with Crippen LogP contribution < -0.4 is 5.32 Å². The van der Waals surface area contributed by atoms with Crippen LogP contribution in [0.5, 0.6) is 0 Å². The van der Waals surface area contributed by atoms with E-state index in [1.807, 2.05) is 6.92 Å². The van der Waals surface area contributed by atoms with E-state index >= 15 is 0 Å². The van der Waals surface area contributed by atoms with Gasteiger partial charge in [-0.05, 0) is 68.6 Å². The summed E-state index contributed by atoms with van der Waals surface area (Å²) in [6.07, 6.45) is 0. The maximum Gasteiger partial charge on any atom is 0.265 e. The van der Waals surface area contributed by atoms with Crippen molar-refractivity contribution in [1.29, 1.82) is 0 Å². The number of halogens is 3. The van der Waals surface area contributed by atoms with E-state index < -0.39 is 5.82 Å². The van der Waals surface area contributed by atoms with E-state index in [9.17, 15) is 9.18 Å². The molecule has 1 amide bonds. The van der Waals surface area contributed by atoms with Crippen molar-refractivity contribution in [2.24, 2.45) is 0 Å². The standard InChI is InChI=1S/C12H8Br2FNOS/c1-6-4-10(18-11(6)14)12(17)16-7-2-3-8(13)9(15)5-7/h2-5H,1H3,(H,16,17). The van der Waals surface area contributed by atoms with E-state index in [0.29, 0.717) is 15.0 Å². The summed E-state index contributed by atoms with van der Waals surface area (Å²) >= 11 is 7.78. The molecule has 2 nitrogen and oxygen atoms in total. The van der Waals surface area contributed by atoms with Gasteiger partial charge in [-0.25, -0.2) is 4.39 Å². The van der Waals surface area contributed by atoms with Crippen LogP contribution in [0.1, 0.15) is 15.2 Å². The molecule has 0 fully saturated rings. The minimum absolute atomic E-state index is 0.240. The summed E-state index contributed by atoms with van der Waals surface area (Å²) in [6.45, 7) is 1.91. The van der Waals surface area contributed by atoms with Crippen molar-refractivity contribution in [3.63, 3.8) is 0 Å². The molecule has 0 radical (unpaired) electrons. The number of hydrogen-bond donors (Lipinski definition) is 1. The lowest BCUT2D eigenvalue weighted by molar-refractivity contribution is 0.103. The molecule has 0 unspecified atom stereocenters. The summed E-state index contributed by atoms with van der Waals surface area (Å²) in [5.41, 5.74) is 1.44. The zero-order valence-electron chi connectivity index (χ0n) is 9.26. The van der Waals surface area contributed by atoms with Crippen LogP contribution in [0, 0.1) is 12.7 Å². The van der Waals surface area contributed by atoms with Gasteiger partial charge in [-0.3, -0.25) is 4.79 Å². The van der Waals surface area contributed by atoms with Crippen LogP contribution in [0.4, 0.5) is 10.1 Å². The van der Waals surface area contributed by atoms with E-state index in [1.165, 1.54) is 17.4 Å². The Morgan fingerprint density at radius 1 is 1.33 bits per heavy atom. The first-order valence-corrected chi connectivity index (χ1v) is 7.40. The highest BCUT2D eigenvalue weighted by Gasteiger charge is 2.12. The van der Waals surface area contributed by atoms with E-state index in [0.717, 1.165) is 9.35 Å². The minimum atomic E-state index is -0.406. The molecule has 0 aliphatic heterocycles. The van der Waals surface area contributed by atoms with Gasteiger partial charge in [0.15, 0.2) is 0 Å². The first-order valence-electron chi connectivity index (χ1n) is 4.99. The van der Waals surface area contributed by atoms with Crippen molar-refractivity contribution >= 4 is 54.8 Å². The van der Waals surface area contributed by atoms with Crippen LogP contribution in [0.15, 0.2) is 32.5 Å². The Morgan fingerprint density at radius 2 is 2.06 bits per heavy atom. The summed E-state index contributed by atoms with van der Waals surface area (Å²) in [4.78, 5) is 12.5. The molecule has 0 aliphatic carbocycles. The third-order valence-corrected chi connectivity index (χ3v) is 5.04. The number of aryl methyl sites for hydroxylation is 1. The Morgan fingerprint density at radius 3 is 2.61 bits per heavy atom. The highest BCUT2D eigenvalue weighted by Crippen LogP contribution is 2.28. The molecule has 0 saturated heterocycles. The molecule has 6 heteroatoms. The fourth-order valence-electron chi connectivity index (χ4n) is 1.34. The summed E-state index contributed by atoms with van der Waals surface area (Å²) < 4.78 is 14.6. The van der Waals surface area contributed by atoms with Crippen LogP contribution >= 0.6 is 43.2 Å². The fourth-order valence-corrected chi connectivity index (χ4v) is 3.02. The number of thiophene rings is 1. The van der Waals surface area contributed by atoms with Crippen molar-refractivity contribution < 1.29 is 9.18 Å². The second-order valence-corrected chi connectivity index (χ2v) is 6.87. The molecule has 1 aromatic carbocycles. The molecule has 18 heavy (non-hydrogen) atoms. The van der Waals surface area contributed by atoms with E-state index in [-0.39, 0.29) is 5.91 Å². The number of anilines is 1. The molecular formula is C12H8Br2FNOS. The average Bonchev–Trinajstić information content (AvgIpc) is 2.65. The second-order valence-electron chi connectivity index (χ2n) is 3.65. The molecule has 0 spiro atoms. The molecule has 1 aromatic heterocycles. The van der Waals surface area contributed by atoms with Gasteiger partial charge in [-0.15, -0.1) is 11.3 Å². The van der Waals surface area contributed by atoms with Crippen LogP contribution in [0.2, 0.25) is 0 Å². The Labute approximate surface area is 124 Å². The first-order chi connectivity index (χ1) is 8.47.